The molecule has 0 aromatic carbocycles. The minimum absolute atomic E-state index is 0.00133. The maximum atomic E-state index is 12.2. The lowest BCUT2D eigenvalue weighted by Crippen LogP contribution is -2.33. The van der Waals surface area contributed by atoms with Crippen LogP contribution in [0.2, 0.25) is 0 Å². The van der Waals surface area contributed by atoms with Crippen molar-refractivity contribution in [3.8, 4) is 6.01 Å². The summed E-state index contributed by atoms with van der Waals surface area (Å²) in [6.45, 7) is 3.04. The Labute approximate surface area is 158 Å². The lowest BCUT2D eigenvalue weighted by molar-refractivity contribution is -0.174. The van der Waals surface area contributed by atoms with Crippen molar-refractivity contribution < 1.29 is 33.3 Å². The second-order valence-corrected chi connectivity index (χ2v) is 5.52. The highest BCUT2D eigenvalue weighted by atomic mass is 16.6. The van der Waals surface area contributed by atoms with E-state index in [4.69, 9.17) is 18.9 Å². The van der Waals surface area contributed by atoms with Gasteiger partial charge in [0.25, 0.3) is 11.6 Å². The Morgan fingerprint density at radius 3 is 2.32 bits per heavy atom. The highest BCUT2D eigenvalue weighted by Crippen LogP contribution is 2.24. The molecule has 12 heteroatoms. The van der Waals surface area contributed by atoms with Crippen LogP contribution in [0.1, 0.15) is 32.6 Å². The van der Waals surface area contributed by atoms with Gasteiger partial charge in [-0.15, -0.1) is 0 Å². The SMILES string of the molecule is COc1nc2ncc([C@H](OC(C)=O)[C@@H](COC(C)=O)OC(C)=O)nc2c(=O)[nH]1. The molecule has 0 fully saturated rings. The van der Waals surface area contributed by atoms with Crippen molar-refractivity contribution in [3.05, 3.63) is 22.2 Å². The van der Waals surface area contributed by atoms with Crippen molar-refractivity contribution in [1.29, 1.82) is 0 Å². The average molecular weight is 394 g/mol. The molecule has 0 radical (unpaired) electrons. The number of nitrogens with zero attached hydrogens (tertiary/aromatic N) is 3. The number of fused-ring (bicyclic) bond motifs is 1. The first kappa shape index (κ1) is 20.7. The molecule has 2 atom stereocenters. The predicted octanol–water partition coefficient (Wildman–Crippen LogP) is -0.179. The smallest absolute Gasteiger partial charge is 0.303 e. The monoisotopic (exact) mass is 394 g/mol. The first-order valence-corrected chi connectivity index (χ1v) is 8.00. The number of ether oxygens (including phenoxy) is 4. The largest absolute Gasteiger partial charge is 0.468 e. The molecule has 2 aromatic heterocycles. The van der Waals surface area contributed by atoms with E-state index >= 15 is 0 Å². The van der Waals surface area contributed by atoms with Crippen molar-refractivity contribution >= 4 is 29.1 Å². The summed E-state index contributed by atoms with van der Waals surface area (Å²) in [5.74, 6) is -2.04. The molecule has 0 aliphatic rings. The number of hydrogen-bond acceptors (Lipinski definition) is 11. The van der Waals surface area contributed by atoms with E-state index in [1.54, 1.807) is 0 Å². The third-order valence-corrected chi connectivity index (χ3v) is 3.30. The van der Waals surface area contributed by atoms with Crippen LogP contribution in [0.15, 0.2) is 11.0 Å². The van der Waals surface area contributed by atoms with Crippen LogP contribution in [0, 0.1) is 0 Å². The van der Waals surface area contributed by atoms with Gasteiger partial charge in [-0.1, -0.05) is 0 Å². The minimum atomic E-state index is -1.28. The maximum Gasteiger partial charge on any atom is 0.303 e. The number of aromatic nitrogens is 4. The molecule has 2 aromatic rings. The number of aromatic amines is 1. The van der Waals surface area contributed by atoms with E-state index in [1.807, 2.05) is 0 Å². The van der Waals surface area contributed by atoms with Gasteiger partial charge in [-0.3, -0.25) is 24.2 Å². The van der Waals surface area contributed by atoms with Crippen molar-refractivity contribution in [3.63, 3.8) is 0 Å². The van der Waals surface area contributed by atoms with E-state index in [2.05, 4.69) is 19.9 Å². The first-order chi connectivity index (χ1) is 13.2. The van der Waals surface area contributed by atoms with Gasteiger partial charge in [-0.25, -0.2) is 9.97 Å². The van der Waals surface area contributed by atoms with Crippen molar-refractivity contribution in [2.24, 2.45) is 0 Å². The van der Waals surface area contributed by atoms with Crippen LogP contribution in [-0.2, 0) is 28.6 Å². The molecule has 28 heavy (non-hydrogen) atoms. The van der Waals surface area contributed by atoms with E-state index in [0.29, 0.717) is 0 Å². The van der Waals surface area contributed by atoms with E-state index in [0.717, 1.165) is 13.8 Å². The second kappa shape index (κ2) is 8.88. The molecule has 0 amide bonds. The molecule has 2 heterocycles. The summed E-state index contributed by atoms with van der Waals surface area (Å²) in [7, 11) is 1.32. The first-order valence-electron chi connectivity index (χ1n) is 8.00. The number of hydrogen-bond donors (Lipinski definition) is 1. The molecule has 0 spiro atoms. The zero-order valence-electron chi connectivity index (χ0n) is 15.5. The third kappa shape index (κ3) is 5.22. The Hall–Kier alpha value is -3.57. The van der Waals surface area contributed by atoms with Crippen LogP contribution >= 0.6 is 0 Å². The summed E-state index contributed by atoms with van der Waals surface area (Å²) in [4.78, 5) is 60.8. The van der Waals surface area contributed by atoms with Gasteiger partial charge >= 0.3 is 17.9 Å². The molecular weight excluding hydrogens is 376 g/mol. The van der Waals surface area contributed by atoms with Gasteiger partial charge in [0, 0.05) is 20.8 Å². The van der Waals surface area contributed by atoms with E-state index in [1.165, 1.54) is 20.2 Å². The highest BCUT2D eigenvalue weighted by molar-refractivity contribution is 5.70. The number of H-pyrrole nitrogens is 1. The third-order valence-electron chi connectivity index (χ3n) is 3.30. The highest BCUT2D eigenvalue weighted by Gasteiger charge is 2.32. The molecular formula is C16H18N4O8. The zero-order chi connectivity index (χ0) is 20.8. The van der Waals surface area contributed by atoms with Crippen LogP contribution in [0.4, 0.5) is 0 Å². The summed E-state index contributed by atoms with van der Waals surface area (Å²) in [6, 6.07) is -0.0521. The molecule has 0 unspecified atom stereocenters. The number of esters is 3. The maximum absolute atomic E-state index is 12.2. The fraction of sp³-hybridized carbons (Fsp3) is 0.438. The van der Waals surface area contributed by atoms with Gasteiger partial charge in [0.15, 0.2) is 23.4 Å². The molecule has 1 N–H and O–H groups in total. The molecule has 0 bridgehead atoms. The van der Waals surface area contributed by atoms with Gasteiger partial charge in [0.05, 0.1) is 13.3 Å². The fourth-order valence-corrected chi connectivity index (χ4v) is 2.25. The Balaban J connectivity index is 2.51. The number of carbonyl (C=O) groups is 3. The summed E-state index contributed by atoms with van der Waals surface area (Å²) in [6.07, 6.45) is -1.28. The van der Waals surface area contributed by atoms with Gasteiger partial charge in [-0.2, -0.15) is 4.98 Å². The molecule has 0 aliphatic carbocycles. The van der Waals surface area contributed by atoms with Crippen molar-refractivity contribution in [2.45, 2.75) is 33.0 Å². The fourth-order valence-electron chi connectivity index (χ4n) is 2.25. The number of nitrogens with one attached hydrogen (secondary N) is 1. The van der Waals surface area contributed by atoms with Crippen molar-refractivity contribution in [2.75, 3.05) is 13.7 Å². The molecule has 0 saturated heterocycles. The van der Waals surface area contributed by atoms with Crippen molar-refractivity contribution in [1.82, 2.24) is 19.9 Å². The number of methoxy groups -OCH3 is 1. The minimum Gasteiger partial charge on any atom is -0.468 e. The van der Waals surface area contributed by atoms with E-state index in [-0.39, 0.29) is 22.9 Å². The van der Waals surface area contributed by atoms with E-state index < -0.39 is 42.3 Å². The average Bonchev–Trinajstić information content (AvgIpc) is 2.62. The molecule has 0 saturated carbocycles. The molecule has 150 valence electrons. The van der Waals surface area contributed by atoms with Gasteiger partial charge in [-0.05, 0) is 0 Å². The summed E-state index contributed by atoms with van der Waals surface area (Å²) in [5.41, 5.74) is -0.792. The summed E-state index contributed by atoms with van der Waals surface area (Å²) in [5, 5.41) is 0. The number of carbonyl (C=O) groups excluding carboxylic acids is 3. The topological polar surface area (TPSA) is 160 Å². The summed E-state index contributed by atoms with van der Waals surface area (Å²) >= 11 is 0. The summed E-state index contributed by atoms with van der Waals surface area (Å²) < 4.78 is 20.1. The van der Waals surface area contributed by atoms with Gasteiger partial charge in [0.2, 0.25) is 0 Å². The second-order valence-electron chi connectivity index (χ2n) is 5.52. The Bertz CT molecular complexity index is 957. The van der Waals surface area contributed by atoms with Crippen LogP contribution in [0.5, 0.6) is 6.01 Å². The Kier molecular flexibility index (Phi) is 6.58. The Morgan fingerprint density at radius 2 is 1.75 bits per heavy atom. The lowest BCUT2D eigenvalue weighted by Gasteiger charge is -2.25. The van der Waals surface area contributed by atoms with Crippen LogP contribution in [0.25, 0.3) is 11.2 Å². The predicted molar refractivity (Wildman–Crippen MR) is 91.2 cm³/mol. The normalized spacial score (nSPS) is 12.7. The quantitative estimate of drug-likeness (QED) is 0.490. The van der Waals surface area contributed by atoms with Crippen LogP contribution < -0.4 is 10.3 Å². The molecule has 0 aliphatic heterocycles. The lowest BCUT2D eigenvalue weighted by atomic mass is 10.1. The Morgan fingerprint density at radius 1 is 1.07 bits per heavy atom. The molecule has 2 rings (SSSR count). The van der Waals surface area contributed by atoms with Crippen LogP contribution in [0.3, 0.4) is 0 Å². The van der Waals surface area contributed by atoms with Gasteiger partial charge in [0.1, 0.15) is 12.3 Å². The zero-order valence-corrected chi connectivity index (χ0v) is 15.5. The van der Waals surface area contributed by atoms with Crippen LogP contribution in [-0.4, -0.2) is 57.7 Å². The number of rotatable bonds is 7. The molecule has 12 nitrogen and oxygen atoms in total. The van der Waals surface area contributed by atoms with E-state index in [9.17, 15) is 19.2 Å². The standard InChI is InChI=1S/C16H18N4O8/c1-7(21)26-6-11(27-8(2)22)13(28-9(3)23)10-5-17-14-12(18-10)15(24)20-16(19-14)25-4/h5,11,13H,6H2,1-4H3,(H,17,19,20,24)/t11-,13+/m1/s1. The van der Waals surface area contributed by atoms with Gasteiger partial charge < -0.3 is 18.9 Å².